The standard InChI is InChI=1S/C18H19Cl2N3O/c1-10(2)16(17-21-14-5-3-4-6-15(14)22-17)23-18(24)12-8-7-11(19)9-13(12)20/h3-10,12-13,16H,1-2H3,(H,21,22)(H,23,24)/t12-,13+,16-/m0/s1. The molecule has 6 heteroatoms. The van der Waals surface area contributed by atoms with Crippen molar-refractivity contribution in [2.75, 3.05) is 0 Å². The topological polar surface area (TPSA) is 57.8 Å². The second-order valence-corrected chi connectivity index (χ2v) is 7.19. The van der Waals surface area contributed by atoms with Crippen LogP contribution in [0.25, 0.3) is 11.0 Å². The third-order valence-corrected chi connectivity index (χ3v) is 4.74. The summed E-state index contributed by atoms with van der Waals surface area (Å²) in [6, 6.07) is 7.59. The summed E-state index contributed by atoms with van der Waals surface area (Å²) in [5.41, 5.74) is 1.84. The van der Waals surface area contributed by atoms with Crippen LogP contribution in [0.15, 0.2) is 47.5 Å². The molecule has 0 radical (unpaired) electrons. The van der Waals surface area contributed by atoms with Gasteiger partial charge >= 0.3 is 0 Å². The van der Waals surface area contributed by atoms with Crippen molar-refractivity contribution in [2.24, 2.45) is 11.8 Å². The van der Waals surface area contributed by atoms with Gasteiger partial charge < -0.3 is 10.3 Å². The first kappa shape index (κ1) is 17.1. The van der Waals surface area contributed by atoms with Crippen LogP contribution in [0.1, 0.15) is 25.7 Å². The predicted octanol–water partition coefficient (Wildman–Crippen LogP) is 4.29. The number of alkyl halides is 1. The fraction of sp³-hybridized carbons (Fsp3) is 0.333. The number of allylic oxidation sites excluding steroid dienone is 3. The molecule has 0 spiro atoms. The molecule has 0 unspecified atom stereocenters. The Labute approximate surface area is 150 Å². The van der Waals surface area contributed by atoms with Gasteiger partial charge in [0, 0.05) is 5.03 Å². The summed E-state index contributed by atoms with van der Waals surface area (Å²) in [7, 11) is 0. The molecule has 1 aliphatic rings. The van der Waals surface area contributed by atoms with Gasteiger partial charge in [0.05, 0.1) is 28.4 Å². The number of hydrogen-bond acceptors (Lipinski definition) is 2. The van der Waals surface area contributed by atoms with Crippen molar-refractivity contribution >= 4 is 40.1 Å². The summed E-state index contributed by atoms with van der Waals surface area (Å²) >= 11 is 12.2. The van der Waals surface area contributed by atoms with Gasteiger partial charge in [0.2, 0.25) is 5.91 Å². The molecule has 126 valence electrons. The molecule has 0 aliphatic heterocycles. The molecular weight excluding hydrogens is 345 g/mol. The van der Waals surface area contributed by atoms with Gasteiger partial charge in [-0.15, -0.1) is 11.6 Å². The highest BCUT2D eigenvalue weighted by atomic mass is 35.5. The van der Waals surface area contributed by atoms with Crippen LogP contribution in [-0.2, 0) is 4.79 Å². The van der Waals surface area contributed by atoms with Crippen LogP contribution in [0, 0.1) is 11.8 Å². The van der Waals surface area contributed by atoms with E-state index in [1.807, 2.05) is 38.1 Å². The summed E-state index contributed by atoms with van der Waals surface area (Å²) in [6.07, 6.45) is 5.13. The summed E-state index contributed by atoms with van der Waals surface area (Å²) in [4.78, 5) is 20.6. The minimum atomic E-state index is -0.453. The van der Waals surface area contributed by atoms with Crippen LogP contribution in [0.5, 0.6) is 0 Å². The fourth-order valence-corrected chi connectivity index (χ4v) is 3.37. The number of aromatic amines is 1. The molecule has 0 bridgehead atoms. The van der Waals surface area contributed by atoms with Crippen molar-refractivity contribution in [3.8, 4) is 0 Å². The van der Waals surface area contributed by atoms with Gasteiger partial charge in [-0.25, -0.2) is 4.98 Å². The first-order valence-electron chi connectivity index (χ1n) is 7.90. The van der Waals surface area contributed by atoms with E-state index in [0.29, 0.717) is 5.03 Å². The Morgan fingerprint density at radius 3 is 2.75 bits per heavy atom. The maximum Gasteiger partial charge on any atom is 0.229 e. The number of rotatable bonds is 4. The van der Waals surface area contributed by atoms with Crippen LogP contribution in [0.2, 0.25) is 0 Å². The van der Waals surface area contributed by atoms with Crippen molar-refractivity contribution in [1.82, 2.24) is 15.3 Å². The fourth-order valence-electron chi connectivity index (χ4n) is 2.77. The second-order valence-electron chi connectivity index (χ2n) is 6.25. The van der Waals surface area contributed by atoms with Crippen LogP contribution >= 0.6 is 23.2 Å². The predicted molar refractivity (Wildman–Crippen MR) is 98.0 cm³/mol. The summed E-state index contributed by atoms with van der Waals surface area (Å²) < 4.78 is 0. The van der Waals surface area contributed by atoms with E-state index in [2.05, 4.69) is 15.3 Å². The highest BCUT2D eigenvalue weighted by molar-refractivity contribution is 6.33. The van der Waals surface area contributed by atoms with Gasteiger partial charge in [0.25, 0.3) is 0 Å². The van der Waals surface area contributed by atoms with E-state index in [1.54, 1.807) is 18.2 Å². The van der Waals surface area contributed by atoms with Crippen LogP contribution in [0.4, 0.5) is 0 Å². The summed E-state index contributed by atoms with van der Waals surface area (Å²) in [5, 5.41) is 3.17. The van der Waals surface area contributed by atoms with Crippen molar-refractivity contribution in [2.45, 2.75) is 25.3 Å². The van der Waals surface area contributed by atoms with E-state index in [-0.39, 0.29) is 17.9 Å². The number of para-hydroxylation sites is 2. The number of carbonyl (C=O) groups is 1. The van der Waals surface area contributed by atoms with Crippen molar-refractivity contribution in [3.63, 3.8) is 0 Å². The molecule has 1 aromatic heterocycles. The maximum atomic E-state index is 12.7. The molecule has 3 rings (SSSR count). The van der Waals surface area contributed by atoms with E-state index in [1.165, 1.54) is 0 Å². The minimum absolute atomic E-state index is 0.133. The second kappa shape index (κ2) is 6.99. The van der Waals surface area contributed by atoms with E-state index in [4.69, 9.17) is 23.2 Å². The van der Waals surface area contributed by atoms with E-state index in [9.17, 15) is 4.79 Å². The molecule has 1 aliphatic carbocycles. The van der Waals surface area contributed by atoms with E-state index in [0.717, 1.165) is 16.9 Å². The van der Waals surface area contributed by atoms with Crippen LogP contribution in [0.3, 0.4) is 0 Å². The molecule has 3 atom stereocenters. The number of fused-ring (bicyclic) bond motifs is 1. The molecular formula is C18H19Cl2N3O. The number of hydrogen-bond donors (Lipinski definition) is 2. The minimum Gasteiger partial charge on any atom is -0.345 e. The third-order valence-electron chi connectivity index (χ3n) is 4.09. The van der Waals surface area contributed by atoms with Gasteiger partial charge in [-0.1, -0.05) is 43.7 Å². The molecule has 1 aromatic carbocycles. The number of H-pyrrole nitrogens is 1. The number of halogens is 2. The lowest BCUT2D eigenvalue weighted by molar-refractivity contribution is -0.124. The number of imidazole rings is 1. The first-order chi connectivity index (χ1) is 11.5. The Balaban J connectivity index is 1.82. The Hall–Kier alpha value is -1.78. The van der Waals surface area contributed by atoms with Gasteiger partial charge in [-0.05, 0) is 30.2 Å². The number of nitrogens with zero attached hydrogens (tertiary/aromatic N) is 1. The van der Waals surface area contributed by atoms with Crippen LogP contribution < -0.4 is 5.32 Å². The number of aromatic nitrogens is 2. The molecule has 1 heterocycles. The lowest BCUT2D eigenvalue weighted by atomic mass is 9.97. The smallest absolute Gasteiger partial charge is 0.229 e. The van der Waals surface area contributed by atoms with E-state index >= 15 is 0 Å². The lowest BCUT2D eigenvalue weighted by Gasteiger charge is -2.25. The highest BCUT2D eigenvalue weighted by Gasteiger charge is 2.29. The van der Waals surface area contributed by atoms with Gasteiger partial charge in [-0.2, -0.15) is 0 Å². The zero-order chi connectivity index (χ0) is 17.3. The average molecular weight is 364 g/mol. The molecule has 0 saturated carbocycles. The van der Waals surface area contributed by atoms with Gasteiger partial charge in [0.1, 0.15) is 5.82 Å². The quantitative estimate of drug-likeness (QED) is 0.795. The van der Waals surface area contributed by atoms with Crippen molar-refractivity contribution in [1.29, 1.82) is 0 Å². The van der Waals surface area contributed by atoms with Crippen molar-refractivity contribution in [3.05, 3.63) is 53.4 Å². The molecule has 2 N–H and O–H groups in total. The molecule has 24 heavy (non-hydrogen) atoms. The van der Waals surface area contributed by atoms with Crippen LogP contribution in [-0.4, -0.2) is 21.3 Å². The monoisotopic (exact) mass is 363 g/mol. The Morgan fingerprint density at radius 2 is 2.08 bits per heavy atom. The number of carbonyl (C=O) groups excluding carboxylic acids is 1. The van der Waals surface area contributed by atoms with E-state index < -0.39 is 11.3 Å². The largest absolute Gasteiger partial charge is 0.345 e. The van der Waals surface area contributed by atoms with Crippen molar-refractivity contribution < 1.29 is 4.79 Å². The molecule has 4 nitrogen and oxygen atoms in total. The van der Waals surface area contributed by atoms with Gasteiger partial charge in [-0.3, -0.25) is 4.79 Å². The first-order valence-corrected chi connectivity index (χ1v) is 8.72. The van der Waals surface area contributed by atoms with Gasteiger partial charge in [0.15, 0.2) is 0 Å². The Kier molecular flexibility index (Phi) is 4.97. The number of nitrogens with one attached hydrogen (secondary N) is 2. The molecule has 2 aromatic rings. The molecule has 0 saturated heterocycles. The number of amides is 1. The average Bonchev–Trinajstić information content (AvgIpc) is 2.95. The summed E-state index contributed by atoms with van der Waals surface area (Å²) in [5.74, 6) is 0.347. The zero-order valence-corrected chi connectivity index (χ0v) is 15.0. The Morgan fingerprint density at radius 1 is 1.33 bits per heavy atom. The third kappa shape index (κ3) is 3.50. The SMILES string of the molecule is CC(C)[C@H](NC(=O)[C@H]1C=CC(Cl)=C[C@H]1Cl)c1nc2ccccc2[nH]1. The normalized spacial score (nSPS) is 21.8. The summed E-state index contributed by atoms with van der Waals surface area (Å²) in [6.45, 7) is 4.09. The number of benzene rings is 1. The highest BCUT2D eigenvalue weighted by Crippen LogP contribution is 2.27. The molecule has 1 amide bonds. The zero-order valence-electron chi connectivity index (χ0n) is 13.5. The Bertz CT molecular complexity index is 776. The maximum absolute atomic E-state index is 12.7. The lowest BCUT2D eigenvalue weighted by Crippen LogP contribution is -2.39. The molecule has 0 fully saturated rings.